The first-order valence-corrected chi connectivity index (χ1v) is 11.4. The van der Waals surface area contributed by atoms with Crippen LogP contribution in [0.15, 0.2) is 70.3 Å². The third-order valence-corrected chi connectivity index (χ3v) is 7.39. The van der Waals surface area contributed by atoms with Crippen molar-refractivity contribution in [1.82, 2.24) is 19.0 Å². The molecule has 0 aliphatic rings. The molecule has 0 saturated heterocycles. The zero-order valence-electron chi connectivity index (χ0n) is 17.0. The van der Waals surface area contributed by atoms with Crippen molar-refractivity contribution in [2.24, 2.45) is 0 Å². The van der Waals surface area contributed by atoms with Gasteiger partial charge < -0.3 is 4.90 Å². The van der Waals surface area contributed by atoms with Crippen LogP contribution in [0.5, 0.6) is 0 Å². The number of amides is 1. The van der Waals surface area contributed by atoms with Crippen molar-refractivity contribution in [2.45, 2.75) is 18.0 Å². The lowest BCUT2D eigenvalue weighted by molar-refractivity contribution is 0.0785. The molecule has 0 aliphatic carbocycles. The molecule has 1 amide bonds. The van der Waals surface area contributed by atoms with Crippen LogP contribution in [0.2, 0.25) is 0 Å². The molecule has 0 N–H and O–H groups in total. The van der Waals surface area contributed by atoms with E-state index in [0.29, 0.717) is 23.1 Å². The van der Waals surface area contributed by atoms with E-state index in [4.69, 9.17) is 0 Å². The van der Waals surface area contributed by atoms with E-state index in [2.05, 4.69) is 21.0 Å². The Labute approximate surface area is 185 Å². The van der Waals surface area contributed by atoms with Crippen LogP contribution in [0.3, 0.4) is 0 Å². The molecule has 0 fully saturated rings. The average molecular weight is 491 g/mol. The predicted molar refractivity (Wildman–Crippen MR) is 119 cm³/mol. The van der Waals surface area contributed by atoms with Gasteiger partial charge in [0.1, 0.15) is 0 Å². The van der Waals surface area contributed by atoms with E-state index < -0.39 is 10.0 Å². The Morgan fingerprint density at radius 1 is 1.07 bits per heavy atom. The molecule has 9 heteroatoms. The summed E-state index contributed by atoms with van der Waals surface area (Å²) >= 11 is 3.26. The van der Waals surface area contributed by atoms with Crippen LogP contribution in [0.4, 0.5) is 0 Å². The highest BCUT2D eigenvalue weighted by Crippen LogP contribution is 2.26. The number of benzene rings is 2. The standard InChI is InChI=1S/C21H23BrN4O3S/c1-24(2)30(28,29)20-11-18(9-10-19(20)22)21(27)25(3)13-17-12-23-26(15-17)14-16-7-5-4-6-8-16/h4-12,15H,13-14H2,1-3H3. The summed E-state index contributed by atoms with van der Waals surface area (Å²) in [4.78, 5) is 14.5. The molecule has 0 unspecified atom stereocenters. The molecule has 0 bridgehead atoms. The van der Waals surface area contributed by atoms with Crippen molar-refractivity contribution in [3.05, 3.63) is 82.1 Å². The van der Waals surface area contributed by atoms with E-state index in [1.54, 1.807) is 30.3 Å². The number of hydrogen-bond donors (Lipinski definition) is 0. The summed E-state index contributed by atoms with van der Waals surface area (Å²) in [5, 5.41) is 4.36. The molecular weight excluding hydrogens is 468 g/mol. The Balaban J connectivity index is 1.74. The summed E-state index contributed by atoms with van der Waals surface area (Å²) in [6.07, 6.45) is 3.64. The lowest BCUT2D eigenvalue weighted by atomic mass is 10.2. The summed E-state index contributed by atoms with van der Waals surface area (Å²) in [5.74, 6) is -0.270. The summed E-state index contributed by atoms with van der Waals surface area (Å²) in [6, 6.07) is 14.6. The van der Waals surface area contributed by atoms with Crippen LogP contribution in [0.25, 0.3) is 0 Å². The Morgan fingerprint density at radius 2 is 1.77 bits per heavy atom. The lowest BCUT2D eigenvalue weighted by Crippen LogP contribution is -2.27. The van der Waals surface area contributed by atoms with Gasteiger partial charge in [0.25, 0.3) is 5.91 Å². The van der Waals surface area contributed by atoms with Crippen molar-refractivity contribution >= 4 is 31.9 Å². The van der Waals surface area contributed by atoms with Crippen molar-refractivity contribution in [1.29, 1.82) is 0 Å². The second kappa shape index (κ2) is 9.11. The normalized spacial score (nSPS) is 11.6. The Kier molecular flexibility index (Phi) is 6.74. The van der Waals surface area contributed by atoms with Gasteiger partial charge in [0, 0.05) is 49.5 Å². The zero-order valence-corrected chi connectivity index (χ0v) is 19.4. The minimum absolute atomic E-state index is 0.0578. The number of halogens is 1. The summed E-state index contributed by atoms with van der Waals surface area (Å²) in [5.41, 5.74) is 2.33. The van der Waals surface area contributed by atoms with Crippen LogP contribution in [-0.4, -0.2) is 54.5 Å². The fourth-order valence-electron chi connectivity index (χ4n) is 2.94. The zero-order chi connectivity index (χ0) is 21.9. The lowest BCUT2D eigenvalue weighted by Gasteiger charge is -2.18. The number of carbonyl (C=O) groups excluding carboxylic acids is 1. The molecule has 2 aromatic carbocycles. The first-order valence-electron chi connectivity index (χ1n) is 9.21. The number of rotatable bonds is 7. The van der Waals surface area contributed by atoms with Crippen LogP contribution in [0, 0.1) is 0 Å². The highest BCUT2D eigenvalue weighted by atomic mass is 79.9. The smallest absolute Gasteiger partial charge is 0.253 e. The van der Waals surface area contributed by atoms with Gasteiger partial charge in [-0.3, -0.25) is 9.48 Å². The second-order valence-electron chi connectivity index (χ2n) is 7.13. The highest BCUT2D eigenvalue weighted by Gasteiger charge is 2.23. The monoisotopic (exact) mass is 490 g/mol. The molecule has 0 spiro atoms. The minimum Gasteiger partial charge on any atom is -0.337 e. The highest BCUT2D eigenvalue weighted by molar-refractivity contribution is 9.10. The fourth-order valence-corrected chi connectivity index (χ4v) is 4.79. The molecule has 158 valence electrons. The van der Waals surface area contributed by atoms with E-state index in [1.807, 2.05) is 41.2 Å². The number of nitrogens with zero attached hydrogens (tertiary/aromatic N) is 4. The Morgan fingerprint density at radius 3 is 2.43 bits per heavy atom. The molecule has 1 heterocycles. The topological polar surface area (TPSA) is 75.5 Å². The van der Waals surface area contributed by atoms with Gasteiger partial charge in [-0.15, -0.1) is 0 Å². The van der Waals surface area contributed by atoms with E-state index >= 15 is 0 Å². The van der Waals surface area contributed by atoms with Crippen molar-refractivity contribution < 1.29 is 13.2 Å². The fraction of sp³-hybridized carbons (Fsp3) is 0.238. The van der Waals surface area contributed by atoms with Crippen LogP contribution in [0.1, 0.15) is 21.5 Å². The molecule has 7 nitrogen and oxygen atoms in total. The van der Waals surface area contributed by atoms with Gasteiger partial charge in [0.2, 0.25) is 10.0 Å². The van der Waals surface area contributed by atoms with E-state index in [1.165, 1.54) is 20.2 Å². The molecule has 30 heavy (non-hydrogen) atoms. The van der Waals surface area contributed by atoms with Gasteiger partial charge in [0.15, 0.2) is 0 Å². The second-order valence-corrected chi connectivity index (χ2v) is 10.1. The van der Waals surface area contributed by atoms with E-state index in [0.717, 1.165) is 15.4 Å². The largest absolute Gasteiger partial charge is 0.337 e. The molecule has 1 aromatic heterocycles. The van der Waals surface area contributed by atoms with Crippen molar-refractivity contribution in [3.63, 3.8) is 0 Å². The molecule has 0 radical (unpaired) electrons. The van der Waals surface area contributed by atoms with E-state index in [-0.39, 0.29) is 10.8 Å². The van der Waals surface area contributed by atoms with Gasteiger partial charge >= 0.3 is 0 Å². The Bertz CT molecular complexity index is 1140. The maximum atomic E-state index is 12.9. The third kappa shape index (κ3) is 4.97. The molecule has 0 atom stereocenters. The number of hydrogen-bond acceptors (Lipinski definition) is 4. The van der Waals surface area contributed by atoms with Gasteiger partial charge in [-0.1, -0.05) is 30.3 Å². The summed E-state index contributed by atoms with van der Waals surface area (Å²) < 4.78 is 28.4. The summed E-state index contributed by atoms with van der Waals surface area (Å²) in [7, 11) is 0.915. The SMILES string of the molecule is CN(Cc1cnn(Cc2ccccc2)c1)C(=O)c1ccc(Br)c(S(=O)(=O)N(C)C)c1. The maximum absolute atomic E-state index is 12.9. The van der Waals surface area contributed by atoms with Gasteiger partial charge in [-0.2, -0.15) is 5.10 Å². The number of sulfonamides is 1. The van der Waals surface area contributed by atoms with Crippen LogP contribution >= 0.6 is 15.9 Å². The molecule has 3 aromatic rings. The molecule has 0 saturated carbocycles. The minimum atomic E-state index is -3.67. The van der Waals surface area contributed by atoms with E-state index in [9.17, 15) is 13.2 Å². The first kappa shape index (κ1) is 22.2. The molecular formula is C21H23BrN4O3S. The Hall–Kier alpha value is -2.49. The van der Waals surface area contributed by atoms with Crippen molar-refractivity contribution in [3.8, 4) is 0 Å². The summed E-state index contributed by atoms with van der Waals surface area (Å²) in [6.45, 7) is 1.01. The van der Waals surface area contributed by atoms with Crippen LogP contribution < -0.4 is 0 Å². The quantitative estimate of drug-likeness (QED) is 0.509. The van der Waals surface area contributed by atoms with Gasteiger partial charge in [0.05, 0.1) is 17.6 Å². The molecule has 3 rings (SSSR count). The van der Waals surface area contributed by atoms with Gasteiger partial charge in [-0.05, 0) is 39.7 Å². The number of aromatic nitrogens is 2. The number of carbonyl (C=O) groups is 1. The predicted octanol–water partition coefficient (Wildman–Crippen LogP) is 3.22. The van der Waals surface area contributed by atoms with Crippen LogP contribution in [-0.2, 0) is 23.1 Å². The van der Waals surface area contributed by atoms with Gasteiger partial charge in [-0.25, -0.2) is 12.7 Å². The average Bonchev–Trinajstić information content (AvgIpc) is 3.14. The maximum Gasteiger partial charge on any atom is 0.253 e. The molecule has 0 aliphatic heterocycles. The van der Waals surface area contributed by atoms with Crippen molar-refractivity contribution in [2.75, 3.05) is 21.1 Å². The first-order chi connectivity index (χ1) is 14.2. The third-order valence-electron chi connectivity index (χ3n) is 4.58.